The van der Waals surface area contributed by atoms with Gasteiger partial charge in [-0.3, -0.25) is 0 Å². The minimum Gasteiger partial charge on any atom is -0.478 e. The van der Waals surface area contributed by atoms with E-state index in [0.29, 0.717) is 11.6 Å². The maximum absolute atomic E-state index is 11.3. The zero-order chi connectivity index (χ0) is 14.5. The Kier molecular flexibility index (Phi) is 4.99. The van der Waals surface area contributed by atoms with Gasteiger partial charge in [-0.25, -0.2) is 9.78 Å². The molecule has 110 valence electrons. The Bertz CT molecular complexity index is 468. The van der Waals surface area contributed by atoms with Gasteiger partial charge in [0.25, 0.3) is 0 Å². The van der Waals surface area contributed by atoms with Crippen molar-refractivity contribution in [2.75, 3.05) is 11.9 Å². The Morgan fingerprint density at radius 1 is 1.35 bits per heavy atom. The third-order valence-corrected chi connectivity index (χ3v) is 4.10. The molecule has 1 aliphatic carbocycles. The summed E-state index contributed by atoms with van der Waals surface area (Å²) in [6.45, 7) is 2.08. The summed E-state index contributed by atoms with van der Waals surface area (Å²) in [5.41, 5.74) is 1.23. The summed E-state index contributed by atoms with van der Waals surface area (Å²) >= 11 is 0. The monoisotopic (exact) mass is 276 g/mol. The van der Waals surface area contributed by atoms with E-state index in [1.54, 1.807) is 12.1 Å². The molecule has 1 aromatic heterocycles. The number of carboxylic acid groups (broad SMARTS) is 1. The topological polar surface area (TPSA) is 53.4 Å². The van der Waals surface area contributed by atoms with Gasteiger partial charge in [0.1, 0.15) is 5.82 Å². The predicted octanol–water partition coefficient (Wildman–Crippen LogP) is 3.50. The smallest absolute Gasteiger partial charge is 0.335 e. The van der Waals surface area contributed by atoms with Crippen molar-refractivity contribution in [3.05, 3.63) is 23.4 Å². The van der Waals surface area contributed by atoms with E-state index in [1.807, 2.05) is 7.05 Å². The first-order chi connectivity index (χ1) is 9.61. The highest BCUT2D eigenvalue weighted by Gasteiger charge is 2.20. The lowest BCUT2D eigenvalue weighted by Gasteiger charge is -2.32. The number of hydrogen-bond acceptors (Lipinski definition) is 3. The number of carbonyl (C=O) groups is 1. The first kappa shape index (κ1) is 14.8. The molecule has 0 amide bonds. The molecule has 0 saturated heterocycles. The van der Waals surface area contributed by atoms with Crippen LogP contribution in [0.1, 0.15) is 61.5 Å². The lowest BCUT2D eigenvalue weighted by atomic mass is 9.94. The van der Waals surface area contributed by atoms with Crippen LogP contribution in [0.5, 0.6) is 0 Å². The molecule has 0 spiro atoms. The molecule has 4 heteroatoms. The molecule has 1 aromatic rings. The normalized spacial score (nSPS) is 16.1. The van der Waals surface area contributed by atoms with Crippen LogP contribution in [0.25, 0.3) is 0 Å². The van der Waals surface area contributed by atoms with E-state index in [2.05, 4.69) is 16.8 Å². The van der Waals surface area contributed by atoms with E-state index >= 15 is 0 Å². The van der Waals surface area contributed by atoms with Gasteiger partial charge in [-0.1, -0.05) is 32.6 Å². The number of hydrogen-bond donors (Lipinski definition) is 1. The molecule has 1 aliphatic rings. The SMILES string of the molecule is CCCc1cc(C(=O)O)cc(N(C)C2CCCCC2)n1. The summed E-state index contributed by atoms with van der Waals surface area (Å²) in [7, 11) is 2.04. The van der Waals surface area contributed by atoms with Gasteiger partial charge in [0.15, 0.2) is 0 Å². The van der Waals surface area contributed by atoms with E-state index in [0.717, 1.165) is 24.4 Å². The molecule has 0 aliphatic heterocycles. The minimum atomic E-state index is -0.872. The number of anilines is 1. The third-order valence-electron chi connectivity index (χ3n) is 4.10. The predicted molar refractivity (Wildman–Crippen MR) is 80.5 cm³/mol. The fourth-order valence-corrected chi connectivity index (χ4v) is 2.92. The van der Waals surface area contributed by atoms with Gasteiger partial charge >= 0.3 is 5.97 Å². The van der Waals surface area contributed by atoms with Crippen molar-refractivity contribution in [1.29, 1.82) is 0 Å². The molecule has 0 atom stereocenters. The fraction of sp³-hybridized carbons (Fsp3) is 0.625. The first-order valence-corrected chi connectivity index (χ1v) is 7.59. The number of aryl methyl sites for hydroxylation is 1. The van der Waals surface area contributed by atoms with Gasteiger partial charge < -0.3 is 10.0 Å². The van der Waals surface area contributed by atoms with Crippen molar-refractivity contribution in [2.45, 2.75) is 57.9 Å². The van der Waals surface area contributed by atoms with Gasteiger partial charge in [0.05, 0.1) is 5.56 Å². The third kappa shape index (κ3) is 3.50. The molecule has 1 fully saturated rings. The molecule has 20 heavy (non-hydrogen) atoms. The first-order valence-electron chi connectivity index (χ1n) is 7.59. The van der Waals surface area contributed by atoms with Crippen LogP contribution in [-0.2, 0) is 6.42 Å². The highest BCUT2D eigenvalue weighted by Crippen LogP contribution is 2.26. The molecule has 0 radical (unpaired) electrons. The average Bonchev–Trinajstić information content (AvgIpc) is 2.47. The number of pyridine rings is 1. The summed E-state index contributed by atoms with van der Waals surface area (Å²) < 4.78 is 0. The van der Waals surface area contributed by atoms with E-state index in [9.17, 15) is 9.90 Å². The molecule has 0 bridgehead atoms. The lowest BCUT2D eigenvalue weighted by molar-refractivity contribution is 0.0696. The van der Waals surface area contributed by atoms with Crippen molar-refractivity contribution in [3.63, 3.8) is 0 Å². The molecule has 2 rings (SSSR count). The van der Waals surface area contributed by atoms with Crippen molar-refractivity contribution in [1.82, 2.24) is 4.98 Å². The Morgan fingerprint density at radius 3 is 2.65 bits per heavy atom. The van der Waals surface area contributed by atoms with E-state index in [1.165, 1.54) is 32.1 Å². The van der Waals surface area contributed by atoms with Crippen LogP contribution < -0.4 is 4.90 Å². The Morgan fingerprint density at radius 2 is 2.05 bits per heavy atom. The van der Waals surface area contributed by atoms with Gasteiger partial charge in [-0.15, -0.1) is 0 Å². The van der Waals surface area contributed by atoms with Crippen LogP contribution in [0.3, 0.4) is 0 Å². The van der Waals surface area contributed by atoms with E-state index in [4.69, 9.17) is 0 Å². The quantitative estimate of drug-likeness (QED) is 0.894. The number of rotatable bonds is 5. The maximum Gasteiger partial charge on any atom is 0.335 e. The molecule has 1 N–H and O–H groups in total. The maximum atomic E-state index is 11.3. The van der Waals surface area contributed by atoms with Gasteiger partial charge in [0.2, 0.25) is 0 Å². The zero-order valence-electron chi connectivity index (χ0n) is 12.4. The number of nitrogens with zero attached hydrogens (tertiary/aromatic N) is 2. The molecular weight excluding hydrogens is 252 g/mol. The molecule has 1 heterocycles. The molecule has 0 aromatic carbocycles. The summed E-state index contributed by atoms with van der Waals surface area (Å²) in [6, 6.07) is 3.90. The summed E-state index contributed by atoms with van der Waals surface area (Å²) in [6.07, 6.45) is 7.99. The van der Waals surface area contributed by atoms with Crippen LogP contribution in [0.2, 0.25) is 0 Å². The highest BCUT2D eigenvalue weighted by atomic mass is 16.4. The standard InChI is InChI=1S/C16H24N2O2/c1-3-7-13-10-12(16(19)20)11-15(17-13)18(2)14-8-5-4-6-9-14/h10-11,14H,3-9H2,1-2H3,(H,19,20). The largest absolute Gasteiger partial charge is 0.478 e. The fourth-order valence-electron chi connectivity index (χ4n) is 2.92. The lowest BCUT2D eigenvalue weighted by Crippen LogP contribution is -2.34. The van der Waals surface area contributed by atoms with Gasteiger partial charge in [-0.05, 0) is 31.4 Å². The Balaban J connectivity index is 2.26. The van der Waals surface area contributed by atoms with E-state index in [-0.39, 0.29) is 0 Å². The van der Waals surface area contributed by atoms with Crippen LogP contribution in [0.4, 0.5) is 5.82 Å². The number of aromatic carboxylic acids is 1. The van der Waals surface area contributed by atoms with Crippen LogP contribution >= 0.6 is 0 Å². The second-order valence-electron chi connectivity index (χ2n) is 5.66. The molecular formula is C16H24N2O2. The second-order valence-corrected chi connectivity index (χ2v) is 5.66. The van der Waals surface area contributed by atoms with E-state index < -0.39 is 5.97 Å². The Hall–Kier alpha value is -1.58. The number of aromatic nitrogens is 1. The average molecular weight is 276 g/mol. The second kappa shape index (κ2) is 6.73. The highest BCUT2D eigenvalue weighted by molar-refractivity contribution is 5.88. The summed E-state index contributed by atoms with van der Waals surface area (Å²) in [5, 5.41) is 9.25. The minimum absolute atomic E-state index is 0.348. The van der Waals surface area contributed by atoms with Crippen LogP contribution in [0.15, 0.2) is 12.1 Å². The molecule has 1 saturated carbocycles. The van der Waals surface area contributed by atoms with Gasteiger partial charge in [0, 0.05) is 18.8 Å². The Labute approximate surface area is 120 Å². The zero-order valence-corrected chi connectivity index (χ0v) is 12.4. The van der Waals surface area contributed by atoms with Crippen molar-refractivity contribution in [3.8, 4) is 0 Å². The van der Waals surface area contributed by atoms with Crippen LogP contribution in [0, 0.1) is 0 Å². The van der Waals surface area contributed by atoms with Crippen molar-refractivity contribution < 1.29 is 9.90 Å². The van der Waals surface area contributed by atoms with Crippen molar-refractivity contribution >= 4 is 11.8 Å². The molecule has 4 nitrogen and oxygen atoms in total. The van der Waals surface area contributed by atoms with Gasteiger partial charge in [-0.2, -0.15) is 0 Å². The summed E-state index contributed by atoms with van der Waals surface area (Å²) in [4.78, 5) is 18.1. The van der Waals surface area contributed by atoms with Crippen LogP contribution in [-0.4, -0.2) is 29.1 Å². The molecule has 0 unspecified atom stereocenters. The number of carboxylic acids is 1. The van der Waals surface area contributed by atoms with Crippen molar-refractivity contribution in [2.24, 2.45) is 0 Å². The summed E-state index contributed by atoms with van der Waals surface area (Å²) in [5.74, 6) is -0.0664.